The van der Waals surface area contributed by atoms with Crippen LogP contribution in [0, 0.1) is 5.92 Å². The fraction of sp³-hybridized carbons (Fsp3) is 0.571. The molecule has 0 bridgehead atoms. The van der Waals surface area contributed by atoms with Crippen molar-refractivity contribution in [2.75, 3.05) is 45.1 Å². The van der Waals surface area contributed by atoms with E-state index in [4.69, 9.17) is 0 Å². The molecular formula is C21H29N5O4S2. The maximum atomic E-state index is 13.0. The summed E-state index contributed by atoms with van der Waals surface area (Å²) in [6, 6.07) is 4.86. The number of fused-ring (bicyclic) bond motifs is 1. The number of nitrogens with zero attached hydrogens (tertiary/aromatic N) is 4. The molecule has 2 aliphatic heterocycles. The highest BCUT2D eigenvalue weighted by atomic mass is 32.2. The van der Waals surface area contributed by atoms with Crippen LogP contribution in [-0.2, 0) is 19.6 Å². The molecular weight excluding hydrogens is 450 g/mol. The number of amides is 2. The summed E-state index contributed by atoms with van der Waals surface area (Å²) >= 11 is 1.24. The normalized spacial score (nSPS) is 21.4. The van der Waals surface area contributed by atoms with Crippen LogP contribution in [0.15, 0.2) is 23.1 Å². The Bertz CT molecular complexity index is 1150. The van der Waals surface area contributed by atoms with Crippen LogP contribution < -0.4 is 5.32 Å². The molecule has 0 aliphatic carbocycles. The summed E-state index contributed by atoms with van der Waals surface area (Å²) in [6.07, 6.45) is 0.182. The Morgan fingerprint density at radius 3 is 2.50 bits per heavy atom. The lowest BCUT2D eigenvalue weighted by Crippen LogP contribution is -2.46. The first-order valence-corrected chi connectivity index (χ1v) is 12.9. The van der Waals surface area contributed by atoms with Gasteiger partial charge in [-0.2, -0.15) is 4.31 Å². The highest BCUT2D eigenvalue weighted by molar-refractivity contribution is 7.89. The number of sulfonamides is 1. The van der Waals surface area contributed by atoms with Crippen LogP contribution in [0.5, 0.6) is 0 Å². The number of likely N-dealkylation sites (N-methyl/N-ethyl adjacent to an activating group) is 1. The first-order valence-electron chi connectivity index (χ1n) is 10.7. The number of thiazole rings is 1. The molecule has 4 rings (SSSR count). The topological polar surface area (TPSA) is 103 Å². The van der Waals surface area contributed by atoms with E-state index in [9.17, 15) is 18.0 Å². The van der Waals surface area contributed by atoms with Crippen LogP contribution in [0.4, 0.5) is 5.13 Å². The van der Waals surface area contributed by atoms with E-state index in [1.807, 2.05) is 27.8 Å². The summed E-state index contributed by atoms with van der Waals surface area (Å²) in [5, 5.41) is 3.22. The number of carbonyl (C=O) groups is 2. The number of hydrogen-bond donors (Lipinski definition) is 1. The minimum atomic E-state index is -3.57. The Hall–Kier alpha value is -2.08. The number of rotatable bonds is 4. The third-order valence-electron chi connectivity index (χ3n) is 6.00. The molecule has 0 saturated carbocycles. The quantitative estimate of drug-likeness (QED) is 0.718. The van der Waals surface area contributed by atoms with Crippen LogP contribution in [0.25, 0.3) is 10.2 Å². The number of hydrogen-bond acceptors (Lipinski definition) is 7. The minimum absolute atomic E-state index is 0.0271. The molecule has 2 aromatic rings. The minimum Gasteiger partial charge on any atom is -0.337 e. The van der Waals surface area contributed by atoms with Crippen molar-refractivity contribution < 1.29 is 18.0 Å². The molecule has 32 heavy (non-hydrogen) atoms. The van der Waals surface area contributed by atoms with Gasteiger partial charge in [0.2, 0.25) is 21.8 Å². The maximum Gasteiger partial charge on any atom is 0.243 e. The summed E-state index contributed by atoms with van der Waals surface area (Å²) < 4.78 is 28.2. The van der Waals surface area contributed by atoms with Gasteiger partial charge < -0.3 is 15.1 Å². The lowest BCUT2D eigenvalue weighted by molar-refractivity contribution is -0.131. The van der Waals surface area contributed by atoms with E-state index in [2.05, 4.69) is 15.2 Å². The number of nitrogens with one attached hydrogen (secondary N) is 1. The molecule has 0 radical (unpaired) electrons. The predicted molar refractivity (Wildman–Crippen MR) is 124 cm³/mol. The van der Waals surface area contributed by atoms with Gasteiger partial charge in [-0.15, -0.1) is 0 Å². The van der Waals surface area contributed by atoms with Crippen LogP contribution in [0.1, 0.15) is 27.2 Å². The van der Waals surface area contributed by atoms with E-state index >= 15 is 0 Å². The molecule has 1 unspecified atom stereocenters. The third kappa shape index (κ3) is 4.52. The fourth-order valence-corrected chi connectivity index (χ4v) is 6.47. The van der Waals surface area contributed by atoms with Crippen LogP contribution in [0.3, 0.4) is 0 Å². The number of carbonyl (C=O) groups excluding carboxylic acids is 2. The Kier molecular flexibility index (Phi) is 6.03. The van der Waals surface area contributed by atoms with Crippen LogP contribution in [-0.4, -0.2) is 84.6 Å². The van der Waals surface area contributed by atoms with Gasteiger partial charge in [-0.25, -0.2) is 13.4 Å². The van der Waals surface area contributed by atoms with Crippen molar-refractivity contribution in [3.05, 3.63) is 18.2 Å². The molecule has 0 spiro atoms. The summed E-state index contributed by atoms with van der Waals surface area (Å²) in [6.45, 7) is 8.57. The third-order valence-corrected chi connectivity index (χ3v) is 8.82. The van der Waals surface area contributed by atoms with Gasteiger partial charge in [0.25, 0.3) is 0 Å². The van der Waals surface area contributed by atoms with E-state index in [1.165, 1.54) is 15.6 Å². The summed E-state index contributed by atoms with van der Waals surface area (Å²) in [4.78, 5) is 33.5. The number of piperazine rings is 1. The maximum absolute atomic E-state index is 13.0. The smallest absolute Gasteiger partial charge is 0.243 e. The molecule has 2 saturated heterocycles. The van der Waals surface area contributed by atoms with Gasteiger partial charge >= 0.3 is 0 Å². The predicted octanol–water partition coefficient (Wildman–Crippen LogP) is 1.82. The first-order chi connectivity index (χ1) is 14.9. The summed E-state index contributed by atoms with van der Waals surface area (Å²) in [5.74, 6) is -0.697. The zero-order valence-electron chi connectivity index (χ0n) is 18.8. The van der Waals surface area contributed by atoms with Crippen LogP contribution >= 0.6 is 11.3 Å². The summed E-state index contributed by atoms with van der Waals surface area (Å²) in [7, 11) is -1.60. The number of benzene rings is 1. The fourth-order valence-electron chi connectivity index (χ4n) is 4.04. The van der Waals surface area contributed by atoms with E-state index in [1.54, 1.807) is 23.1 Å². The van der Waals surface area contributed by atoms with Gasteiger partial charge in [-0.05, 0) is 46.0 Å². The van der Waals surface area contributed by atoms with Crippen molar-refractivity contribution in [3.63, 3.8) is 0 Å². The van der Waals surface area contributed by atoms with Gasteiger partial charge in [0.05, 0.1) is 21.0 Å². The highest BCUT2D eigenvalue weighted by Gasteiger charge is 2.39. The molecule has 2 fully saturated rings. The second-order valence-corrected chi connectivity index (χ2v) is 12.4. The lowest BCUT2D eigenvalue weighted by Gasteiger charge is -2.31. The van der Waals surface area contributed by atoms with E-state index in [-0.39, 0.29) is 28.7 Å². The zero-order chi connectivity index (χ0) is 23.3. The van der Waals surface area contributed by atoms with Gasteiger partial charge in [-0.1, -0.05) is 11.3 Å². The standard InChI is InChI=1S/C21H29N5O4S2/c1-21(2,3)26-13-14(11-18(26)27)19(28)23-20-22-16-6-5-15(12-17(16)31-20)32(29,30)25-9-7-24(4)8-10-25/h5-6,12,14H,7-11,13H2,1-4H3,(H,22,23,28). The average molecular weight is 480 g/mol. The molecule has 174 valence electrons. The van der Waals surface area contributed by atoms with Crippen LogP contribution in [0.2, 0.25) is 0 Å². The molecule has 1 N–H and O–H groups in total. The van der Waals surface area contributed by atoms with Crippen molar-refractivity contribution in [2.45, 2.75) is 37.6 Å². The molecule has 1 atom stereocenters. The number of anilines is 1. The van der Waals surface area contributed by atoms with Crippen molar-refractivity contribution in [2.24, 2.45) is 5.92 Å². The Labute approximate surface area is 192 Å². The molecule has 3 heterocycles. The lowest BCUT2D eigenvalue weighted by atomic mass is 10.1. The molecule has 2 amide bonds. The average Bonchev–Trinajstić information content (AvgIpc) is 3.30. The Morgan fingerprint density at radius 2 is 1.88 bits per heavy atom. The van der Waals surface area contributed by atoms with E-state index in [0.29, 0.717) is 48.1 Å². The van der Waals surface area contributed by atoms with Crippen molar-refractivity contribution in [1.82, 2.24) is 19.1 Å². The van der Waals surface area contributed by atoms with Crippen molar-refractivity contribution >= 4 is 48.5 Å². The van der Waals surface area contributed by atoms with Gasteiger partial charge in [0.1, 0.15) is 0 Å². The van der Waals surface area contributed by atoms with Crippen molar-refractivity contribution in [1.29, 1.82) is 0 Å². The molecule has 11 heteroatoms. The second-order valence-electron chi connectivity index (χ2n) is 9.42. The molecule has 9 nitrogen and oxygen atoms in total. The largest absolute Gasteiger partial charge is 0.337 e. The monoisotopic (exact) mass is 479 g/mol. The van der Waals surface area contributed by atoms with E-state index in [0.717, 1.165) is 0 Å². The van der Waals surface area contributed by atoms with Gasteiger partial charge in [0.15, 0.2) is 5.13 Å². The highest BCUT2D eigenvalue weighted by Crippen LogP contribution is 2.31. The van der Waals surface area contributed by atoms with Gasteiger partial charge in [0, 0.05) is 44.7 Å². The first kappa shape index (κ1) is 23.1. The molecule has 2 aliphatic rings. The SMILES string of the molecule is CN1CCN(S(=O)(=O)c2ccc3nc(NC(=O)C4CC(=O)N(C(C)(C)C)C4)sc3c2)CC1. The van der Waals surface area contributed by atoms with E-state index < -0.39 is 15.9 Å². The van der Waals surface area contributed by atoms with Crippen molar-refractivity contribution in [3.8, 4) is 0 Å². The second kappa shape index (κ2) is 8.36. The summed E-state index contributed by atoms with van der Waals surface area (Å²) in [5.41, 5.74) is 0.301. The Morgan fingerprint density at radius 1 is 1.19 bits per heavy atom. The van der Waals surface area contributed by atoms with Gasteiger partial charge in [-0.3, -0.25) is 9.59 Å². The Balaban J connectivity index is 1.49. The molecule has 1 aromatic heterocycles. The number of likely N-dealkylation sites (tertiary alicyclic amines) is 1. The zero-order valence-corrected chi connectivity index (χ0v) is 20.4. The molecule has 1 aromatic carbocycles. The number of aromatic nitrogens is 1.